The number of methoxy groups -OCH3 is 1. The first-order valence-electron chi connectivity index (χ1n) is 14.6. The molecule has 12 heteroatoms. The molecule has 2 N–H and O–H groups in total. The van der Waals surface area contributed by atoms with Crippen molar-refractivity contribution >= 4 is 28.5 Å². The van der Waals surface area contributed by atoms with Gasteiger partial charge in [0.1, 0.15) is 11.6 Å². The minimum atomic E-state index is -0.836. The number of imide groups is 1. The van der Waals surface area contributed by atoms with E-state index in [4.69, 9.17) is 18.9 Å². The van der Waals surface area contributed by atoms with E-state index >= 15 is 4.39 Å². The monoisotopic (exact) mass is 620 g/mol. The number of nitrogens with zero attached hydrogens (tertiary/aromatic N) is 2. The lowest BCUT2D eigenvalue weighted by Gasteiger charge is -2.26. The Balaban J connectivity index is 1.18. The second kappa shape index (κ2) is 15.3. The van der Waals surface area contributed by atoms with Crippen LogP contribution in [0.1, 0.15) is 18.4 Å². The zero-order valence-corrected chi connectivity index (χ0v) is 24.8. The summed E-state index contributed by atoms with van der Waals surface area (Å²) in [6.07, 6.45) is 3.32. The molecule has 1 saturated heterocycles. The molecule has 10 nitrogen and oxygen atoms in total. The number of halogens is 2. The Morgan fingerprint density at radius 2 is 1.73 bits per heavy atom. The third-order valence-electron chi connectivity index (χ3n) is 7.16. The number of unbranched alkanes of at least 4 members (excludes halogenated alkanes) is 1. The van der Waals surface area contributed by atoms with E-state index < -0.39 is 23.6 Å². The quantitative estimate of drug-likeness (QED) is 0.194. The number of ether oxygens (including phenoxy) is 4. The van der Waals surface area contributed by atoms with Crippen LogP contribution in [0.15, 0.2) is 66.9 Å². The number of rotatable bonds is 12. The van der Waals surface area contributed by atoms with Crippen molar-refractivity contribution in [1.29, 1.82) is 0 Å². The highest BCUT2D eigenvalue weighted by Crippen LogP contribution is 2.38. The standard InChI is InChI=1S/C33H34F2N4O6/c1-42-30-20-25-27(21-31(30)44-15-3-2-12-39-13-16-43-17-14-39)36-11-10-28(25)45-29-9-8-24(19-26(29)35)37-33(41)38-32(40)18-22-4-6-23(34)7-5-22/h4-11,19-21H,2-3,12-18H2,1H3,(H2,37,38,40,41). The molecule has 0 aliphatic carbocycles. The predicted molar refractivity (Wildman–Crippen MR) is 164 cm³/mol. The van der Waals surface area contributed by atoms with Gasteiger partial charge in [0.25, 0.3) is 0 Å². The number of hydrogen-bond donors (Lipinski definition) is 2. The summed E-state index contributed by atoms with van der Waals surface area (Å²) in [7, 11) is 1.54. The van der Waals surface area contributed by atoms with Crippen LogP contribution in [-0.2, 0) is 16.0 Å². The van der Waals surface area contributed by atoms with Crippen LogP contribution in [0.3, 0.4) is 0 Å². The molecule has 45 heavy (non-hydrogen) atoms. The van der Waals surface area contributed by atoms with E-state index in [0.29, 0.717) is 40.3 Å². The zero-order chi connectivity index (χ0) is 31.6. The maximum Gasteiger partial charge on any atom is 0.325 e. The summed E-state index contributed by atoms with van der Waals surface area (Å²) in [5, 5.41) is 5.17. The smallest absolute Gasteiger partial charge is 0.325 e. The highest BCUT2D eigenvalue weighted by molar-refractivity contribution is 6.01. The Kier molecular flexibility index (Phi) is 10.7. The highest BCUT2D eigenvalue weighted by Gasteiger charge is 2.16. The Labute approximate surface area is 259 Å². The summed E-state index contributed by atoms with van der Waals surface area (Å²) in [4.78, 5) is 31.2. The van der Waals surface area contributed by atoms with E-state index in [1.54, 1.807) is 31.5 Å². The van der Waals surface area contributed by atoms with Crippen LogP contribution in [0.5, 0.6) is 23.0 Å². The Hall–Kier alpha value is -4.81. The molecule has 5 rings (SSSR count). The molecule has 2 heterocycles. The molecule has 4 aromatic rings. The average Bonchev–Trinajstić information content (AvgIpc) is 3.03. The molecular weight excluding hydrogens is 586 g/mol. The molecular formula is C33H34F2N4O6. The van der Waals surface area contributed by atoms with E-state index in [0.717, 1.165) is 51.8 Å². The largest absolute Gasteiger partial charge is 0.493 e. The first kappa shape index (κ1) is 31.6. The molecule has 1 aliphatic rings. The number of carbonyl (C=O) groups is 2. The van der Waals surface area contributed by atoms with Gasteiger partial charge in [0.05, 0.1) is 38.9 Å². The van der Waals surface area contributed by atoms with Crippen molar-refractivity contribution in [2.75, 3.05) is 51.9 Å². The molecule has 1 fully saturated rings. The highest BCUT2D eigenvalue weighted by atomic mass is 19.1. The van der Waals surface area contributed by atoms with Gasteiger partial charge in [0.15, 0.2) is 23.1 Å². The first-order chi connectivity index (χ1) is 21.9. The summed E-state index contributed by atoms with van der Waals surface area (Å²) in [6.45, 7) is 5.00. The number of aromatic nitrogens is 1. The number of pyridine rings is 1. The van der Waals surface area contributed by atoms with Gasteiger partial charge in [-0.3, -0.25) is 20.0 Å². The number of nitrogens with one attached hydrogen (secondary N) is 2. The number of benzene rings is 3. The summed E-state index contributed by atoms with van der Waals surface area (Å²) >= 11 is 0. The zero-order valence-electron chi connectivity index (χ0n) is 24.8. The molecule has 1 aromatic heterocycles. The van der Waals surface area contributed by atoms with Crippen LogP contribution in [0.4, 0.5) is 19.3 Å². The fourth-order valence-corrected chi connectivity index (χ4v) is 4.83. The number of amides is 3. The van der Waals surface area contributed by atoms with Crippen LogP contribution < -0.4 is 24.8 Å². The number of carbonyl (C=O) groups excluding carboxylic acids is 2. The van der Waals surface area contributed by atoms with E-state index in [1.165, 1.54) is 36.4 Å². The van der Waals surface area contributed by atoms with Gasteiger partial charge in [-0.1, -0.05) is 12.1 Å². The minimum absolute atomic E-state index is 0.0830. The Bertz CT molecular complexity index is 1630. The number of anilines is 1. The van der Waals surface area contributed by atoms with Crippen molar-refractivity contribution in [1.82, 2.24) is 15.2 Å². The van der Waals surface area contributed by atoms with Crippen LogP contribution in [-0.4, -0.2) is 68.4 Å². The summed E-state index contributed by atoms with van der Waals surface area (Å²) in [5.41, 5.74) is 1.23. The van der Waals surface area contributed by atoms with Crippen LogP contribution in [0.25, 0.3) is 10.9 Å². The first-order valence-corrected chi connectivity index (χ1v) is 14.6. The molecule has 3 aromatic carbocycles. The Morgan fingerprint density at radius 3 is 2.49 bits per heavy atom. The van der Waals surface area contributed by atoms with E-state index in [-0.39, 0.29) is 17.9 Å². The van der Waals surface area contributed by atoms with Gasteiger partial charge in [-0.05, 0) is 61.3 Å². The maximum atomic E-state index is 15.0. The number of fused-ring (bicyclic) bond motifs is 1. The molecule has 0 atom stereocenters. The Morgan fingerprint density at radius 1 is 0.933 bits per heavy atom. The van der Waals surface area contributed by atoms with Crippen molar-refractivity contribution in [3.63, 3.8) is 0 Å². The molecule has 236 valence electrons. The second-order valence-electron chi connectivity index (χ2n) is 10.4. The minimum Gasteiger partial charge on any atom is -0.493 e. The molecule has 0 unspecified atom stereocenters. The summed E-state index contributed by atoms with van der Waals surface area (Å²) in [5.74, 6) is -0.454. The van der Waals surface area contributed by atoms with E-state index in [2.05, 4.69) is 20.5 Å². The van der Waals surface area contributed by atoms with Crippen LogP contribution in [0.2, 0.25) is 0 Å². The van der Waals surface area contributed by atoms with Crippen molar-refractivity contribution in [2.45, 2.75) is 19.3 Å². The van der Waals surface area contributed by atoms with E-state index in [9.17, 15) is 14.0 Å². The lowest BCUT2D eigenvalue weighted by molar-refractivity contribution is -0.119. The molecule has 0 radical (unpaired) electrons. The van der Waals surface area contributed by atoms with Gasteiger partial charge >= 0.3 is 6.03 Å². The lowest BCUT2D eigenvalue weighted by Crippen LogP contribution is -2.36. The maximum absolute atomic E-state index is 15.0. The topological polar surface area (TPSA) is 111 Å². The van der Waals surface area contributed by atoms with Crippen molar-refractivity contribution in [3.05, 3.63) is 84.1 Å². The van der Waals surface area contributed by atoms with Crippen molar-refractivity contribution < 1.29 is 37.3 Å². The van der Waals surface area contributed by atoms with Gasteiger partial charge in [-0.2, -0.15) is 0 Å². The van der Waals surface area contributed by atoms with Gasteiger partial charge < -0.3 is 24.3 Å². The molecule has 0 saturated carbocycles. The van der Waals surface area contributed by atoms with E-state index in [1.807, 2.05) is 0 Å². The van der Waals surface area contributed by atoms with Crippen molar-refractivity contribution in [3.8, 4) is 23.0 Å². The third kappa shape index (κ3) is 8.87. The normalized spacial score (nSPS) is 13.3. The second-order valence-corrected chi connectivity index (χ2v) is 10.4. The molecule has 1 aliphatic heterocycles. The number of hydrogen-bond acceptors (Lipinski definition) is 8. The third-order valence-corrected chi connectivity index (χ3v) is 7.16. The lowest BCUT2D eigenvalue weighted by atomic mass is 10.1. The van der Waals surface area contributed by atoms with Gasteiger partial charge in [-0.25, -0.2) is 13.6 Å². The fourth-order valence-electron chi connectivity index (χ4n) is 4.83. The van der Waals surface area contributed by atoms with Crippen LogP contribution >= 0.6 is 0 Å². The summed E-state index contributed by atoms with van der Waals surface area (Å²) < 4.78 is 51.0. The molecule has 3 amide bonds. The number of morpholine rings is 1. The number of urea groups is 1. The van der Waals surface area contributed by atoms with Gasteiger partial charge in [0.2, 0.25) is 5.91 Å². The molecule has 0 spiro atoms. The van der Waals surface area contributed by atoms with Crippen LogP contribution in [0, 0.1) is 11.6 Å². The average molecular weight is 621 g/mol. The van der Waals surface area contributed by atoms with Gasteiger partial charge in [-0.15, -0.1) is 0 Å². The molecule has 0 bridgehead atoms. The predicted octanol–water partition coefficient (Wildman–Crippen LogP) is 5.70. The SMILES string of the molecule is COc1cc2c(Oc3ccc(NC(=O)NC(=O)Cc4ccc(F)cc4)cc3F)ccnc2cc1OCCCCN1CCOCC1. The summed E-state index contributed by atoms with van der Waals surface area (Å²) in [6, 6.07) is 13.5. The fraction of sp³-hybridized carbons (Fsp3) is 0.303. The van der Waals surface area contributed by atoms with Crippen molar-refractivity contribution in [2.24, 2.45) is 0 Å². The van der Waals surface area contributed by atoms with Gasteiger partial charge in [0, 0.05) is 42.5 Å².